The van der Waals surface area contributed by atoms with Gasteiger partial charge in [-0.1, -0.05) is 0 Å². The lowest BCUT2D eigenvalue weighted by molar-refractivity contribution is 0.241. The quantitative estimate of drug-likeness (QED) is 0.658. The molecule has 0 radical (unpaired) electrons. The third kappa shape index (κ3) is 3.10. The zero-order valence-corrected chi connectivity index (χ0v) is 13.2. The van der Waals surface area contributed by atoms with E-state index < -0.39 is 0 Å². The molecule has 2 aromatic rings. The van der Waals surface area contributed by atoms with Gasteiger partial charge in [0, 0.05) is 16.0 Å². The van der Waals surface area contributed by atoms with Crippen LogP contribution in [0.3, 0.4) is 0 Å². The predicted molar refractivity (Wildman–Crippen MR) is 85.5 cm³/mol. The highest BCUT2D eigenvalue weighted by molar-refractivity contribution is 7.12. The topological polar surface area (TPSA) is 60.2 Å². The maximum Gasteiger partial charge on any atom is 0.138 e. The summed E-state index contributed by atoms with van der Waals surface area (Å²) in [5.41, 5.74) is 5.44. The van der Waals surface area contributed by atoms with Gasteiger partial charge >= 0.3 is 0 Å². The van der Waals surface area contributed by atoms with Gasteiger partial charge in [0.05, 0.1) is 18.3 Å². The maximum absolute atomic E-state index is 5.80. The molecule has 2 aromatic heterocycles. The summed E-state index contributed by atoms with van der Waals surface area (Å²) in [5, 5.41) is 0. The van der Waals surface area contributed by atoms with Crippen LogP contribution in [0.2, 0.25) is 0 Å². The van der Waals surface area contributed by atoms with E-state index in [-0.39, 0.29) is 12.1 Å². The molecule has 0 saturated heterocycles. The Labute approximate surface area is 129 Å². The van der Waals surface area contributed by atoms with Gasteiger partial charge in [0.1, 0.15) is 5.75 Å². The summed E-state index contributed by atoms with van der Waals surface area (Å²) in [7, 11) is 0. The van der Waals surface area contributed by atoms with Crippen molar-refractivity contribution in [3.63, 3.8) is 0 Å². The minimum Gasteiger partial charge on any atom is -0.489 e. The van der Waals surface area contributed by atoms with Crippen molar-refractivity contribution in [2.75, 3.05) is 0 Å². The van der Waals surface area contributed by atoms with Crippen LogP contribution in [0.1, 0.15) is 47.2 Å². The van der Waals surface area contributed by atoms with E-state index in [2.05, 4.69) is 16.5 Å². The summed E-state index contributed by atoms with van der Waals surface area (Å²) >= 11 is 1.86. The molecule has 3 N–H and O–H groups in total. The number of ether oxygens (including phenoxy) is 1. The van der Waals surface area contributed by atoms with E-state index in [0.29, 0.717) is 0 Å². The third-order valence-corrected chi connectivity index (χ3v) is 4.96. The Morgan fingerprint density at radius 2 is 2.14 bits per heavy atom. The molecule has 0 amide bonds. The molecule has 0 aliphatic heterocycles. The highest BCUT2D eigenvalue weighted by Crippen LogP contribution is 2.36. The van der Waals surface area contributed by atoms with Crippen LogP contribution in [-0.4, -0.2) is 11.1 Å². The summed E-state index contributed by atoms with van der Waals surface area (Å²) in [5.74, 6) is 6.58. The molecule has 1 unspecified atom stereocenters. The minimum atomic E-state index is -0.0242. The van der Waals surface area contributed by atoms with Crippen LogP contribution in [0.15, 0.2) is 24.5 Å². The van der Waals surface area contributed by atoms with Crippen molar-refractivity contribution in [3.05, 3.63) is 45.4 Å². The molecule has 0 spiro atoms. The van der Waals surface area contributed by atoms with Gasteiger partial charge in [0.2, 0.25) is 0 Å². The molecule has 1 aliphatic carbocycles. The molecular weight excluding hydrogens is 282 g/mol. The smallest absolute Gasteiger partial charge is 0.138 e. The fourth-order valence-corrected chi connectivity index (χ4v) is 4.11. The number of aryl methyl sites for hydroxylation is 2. The van der Waals surface area contributed by atoms with Crippen molar-refractivity contribution in [3.8, 4) is 5.75 Å². The average Bonchev–Trinajstić information content (AvgIpc) is 3.00. The first-order valence-electron chi connectivity index (χ1n) is 7.36. The molecule has 0 fully saturated rings. The second-order valence-electron chi connectivity index (χ2n) is 5.67. The summed E-state index contributed by atoms with van der Waals surface area (Å²) in [6, 6.07) is 4.28. The summed E-state index contributed by atoms with van der Waals surface area (Å²) in [6.07, 6.45) is 7.40. The lowest BCUT2D eigenvalue weighted by Crippen LogP contribution is -2.28. The van der Waals surface area contributed by atoms with E-state index in [4.69, 9.17) is 10.6 Å². The van der Waals surface area contributed by atoms with Gasteiger partial charge in [0.15, 0.2) is 0 Å². The van der Waals surface area contributed by atoms with Crippen molar-refractivity contribution < 1.29 is 4.74 Å². The molecule has 4 nitrogen and oxygen atoms in total. The van der Waals surface area contributed by atoms with Crippen LogP contribution >= 0.6 is 11.3 Å². The Bertz CT molecular complexity index is 602. The first-order valence-corrected chi connectivity index (χ1v) is 8.18. The maximum atomic E-state index is 5.80. The minimum absolute atomic E-state index is 0.0242. The number of aromatic nitrogens is 1. The molecule has 2 heterocycles. The standard InChI is InChI=1S/C16H21N3OS/c1-10(2)20-13-6-12(8-18-9-13)16(19-17)15-7-11-4-3-5-14(11)21-15/h6-10,16,19H,3-5,17H2,1-2H3. The van der Waals surface area contributed by atoms with Gasteiger partial charge in [-0.15, -0.1) is 11.3 Å². The Morgan fingerprint density at radius 3 is 2.86 bits per heavy atom. The van der Waals surface area contributed by atoms with Crippen molar-refractivity contribution in [1.29, 1.82) is 0 Å². The number of thiophene rings is 1. The molecule has 3 rings (SSSR count). The van der Waals surface area contributed by atoms with Crippen molar-refractivity contribution in [1.82, 2.24) is 10.4 Å². The highest BCUT2D eigenvalue weighted by Gasteiger charge is 2.21. The highest BCUT2D eigenvalue weighted by atomic mass is 32.1. The first-order chi connectivity index (χ1) is 10.2. The van der Waals surface area contributed by atoms with Gasteiger partial charge in [-0.2, -0.15) is 0 Å². The largest absolute Gasteiger partial charge is 0.489 e. The zero-order chi connectivity index (χ0) is 14.8. The Kier molecular flexibility index (Phi) is 4.24. The van der Waals surface area contributed by atoms with E-state index >= 15 is 0 Å². The Hall–Kier alpha value is -1.43. The number of fused-ring (bicyclic) bond motifs is 1. The Morgan fingerprint density at radius 1 is 1.29 bits per heavy atom. The zero-order valence-electron chi connectivity index (χ0n) is 12.4. The van der Waals surface area contributed by atoms with Gasteiger partial charge in [0.25, 0.3) is 0 Å². The molecule has 5 heteroatoms. The molecule has 0 saturated carbocycles. The van der Waals surface area contributed by atoms with Crippen LogP contribution in [0.4, 0.5) is 0 Å². The van der Waals surface area contributed by atoms with E-state index in [1.807, 2.05) is 37.4 Å². The third-order valence-electron chi connectivity index (χ3n) is 3.66. The van der Waals surface area contributed by atoms with Gasteiger partial charge in [-0.3, -0.25) is 10.8 Å². The van der Waals surface area contributed by atoms with Crippen LogP contribution in [0.25, 0.3) is 0 Å². The van der Waals surface area contributed by atoms with Gasteiger partial charge in [-0.25, -0.2) is 5.43 Å². The summed E-state index contributed by atoms with van der Waals surface area (Å²) < 4.78 is 5.72. The van der Waals surface area contributed by atoms with Gasteiger partial charge in [-0.05, 0) is 56.4 Å². The van der Waals surface area contributed by atoms with Crippen LogP contribution in [0.5, 0.6) is 5.75 Å². The number of nitrogens with one attached hydrogen (secondary N) is 1. The fourth-order valence-electron chi connectivity index (χ4n) is 2.77. The molecular formula is C16H21N3OS. The van der Waals surface area contributed by atoms with E-state index in [9.17, 15) is 0 Å². The van der Waals surface area contributed by atoms with Crippen molar-refractivity contribution in [2.45, 2.75) is 45.3 Å². The summed E-state index contributed by atoms with van der Waals surface area (Å²) in [6.45, 7) is 4.02. The SMILES string of the molecule is CC(C)Oc1cncc(C(NN)c2cc3c(s2)CCC3)c1. The molecule has 21 heavy (non-hydrogen) atoms. The number of hydrogen-bond donors (Lipinski definition) is 2. The van der Waals surface area contributed by atoms with Crippen molar-refractivity contribution >= 4 is 11.3 Å². The predicted octanol–water partition coefficient (Wildman–Crippen LogP) is 2.97. The van der Waals surface area contributed by atoms with E-state index in [0.717, 1.165) is 11.3 Å². The lowest BCUT2D eigenvalue weighted by atomic mass is 10.1. The average molecular weight is 303 g/mol. The second kappa shape index (κ2) is 6.13. The van der Waals surface area contributed by atoms with Crippen LogP contribution < -0.4 is 16.0 Å². The van der Waals surface area contributed by atoms with Crippen LogP contribution in [-0.2, 0) is 12.8 Å². The number of pyridine rings is 1. The van der Waals surface area contributed by atoms with Crippen molar-refractivity contribution in [2.24, 2.45) is 5.84 Å². The normalized spacial score (nSPS) is 15.2. The van der Waals surface area contributed by atoms with E-state index in [1.54, 1.807) is 6.20 Å². The number of rotatable bonds is 5. The van der Waals surface area contributed by atoms with Crippen LogP contribution in [0, 0.1) is 0 Å². The second-order valence-corrected chi connectivity index (χ2v) is 6.84. The fraction of sp³-hybridized carbons (Fsp3) is 0.438. The van der Waals surface area contributed by atoms with Gasteiger partial charge < -0.3 is 4.74 Å². The lowest BCUT2D eigenvalue weighted by Gasteiger charge is -2.16. The molecule has 112 valence electrons. The number of hydrazine groups is 1. The Balaban J connectivity index is 1.88. The van der Waals surface area contributed by atoms with E-state index in [1.165, 1.54) is 34.6 Å². The summed E-state index contributed by atoms with van der Waals surface area (Å²) in [4.78, 5) is 7.04. The number of nitrogens with zero attached hydrogens (tertiary/aromatic N) is 1. The number of hydrogen-bond acceptors (Lipinski definition) is 5. The number of nitrogens with two attached hydrogens (primary N) is 1. The molecule has 1 aliphatic rings. The first kappa shape index (κ1) is 14.5. The molecule has 0 aromatic carbocycles. The monoisotopic (exact) mass is 303 g/mol. The molecule has 1 atom stereocenters. The molecule has 0 bridgehead atoms.